The molecule has 1 aromatic heterocycles. The van der Waals surface area contributed by atoms with Gasteiger partial charge in [0.05, 0.1) is 40.8 Å². The lowest BCUT2D eigenvalue weighted by atomic mass is 9.96. The van der Waals surface area contributed by atoms with Crippen LogP contribution in [-0.4, -0.2) is 24.7 Å². The molecule has 1 aliphatic carbocycles. The standard InChI is InChI=1S/C17H18N6/c18-7-5-15(12-3-1-2-4-12)23-10-13(9-22-23)16-14-6-8-19-17(14)21-11-20-16/h6,8-12,15H,1-5H2,(H,19,20,21)/t15-/m0/s1/i1D2,2D2,5D2,6D,8D,11D,15D. The van der Waals surface area contributed by atoms with E-state index < -0.39 is 43.9 Å². The molecular formula is C17H18N6. The summed E-state index contributed by atoms with van der Waals surface area (Å²) in [7, 11) is 0. The molecule has 1 aromatic rings. The van der Waals surface area contributed by atoms with Gasteiger partial charge in [0.1, 0.15) is 1.37 Å². The maximum absolute atomic E-state index is 9.49. The molecule has 6 heteroatoms. The summed E-state index contributed by atoms with van der Waals surface area (Å²) in [5.74, 6) is -1.25. The van der Waals surface area contributed by atoms with Crippen molar-refractivity contribution in [2.24, 2.45) is 5.92 Å². The van der Waals surface area contributed by atoms with Crippen LogP contribution in [0.15, 0.2) is 30.9 Å². The molecule has 0 amide bonds. The molecule has 6 nitrogen and oxygen atoms in total. The van der Waals surface area contributed by atoms with Gasteiger partial charge in [-0.3, -0.25) is 4.68 Å². The Morgan fingerprint density at radius 2 is 2.43 bits per heavy atom. The highest BCUT2D eigenvalue weighted by Gasteiger charge is 2.27. The van der Waals surface area contributed by atoms with Crippen LogP contribution in [0.4, 0.5) is 0 Å². The maximum atomic E-state index is 9.49. The van der Waals surface area contributed by atoms with Gasteiger partial charge in [-0.15, -0.1) is 0 Å². The fourth-order valence-corrected chi connectivity index (χ4v) is 2.56. The van der Waals surface area contributed by atoms with Gasteiger partial charge in [0.25, 0.3) is 0 Å². The van der Waals surface area contributed by atoms with Gasteiger partial charge in [-0.05, 0) is 24.8 Å². The van der Waals surface area contributed by atoms with E-state index in [2.05, 4.69) is 20.1 Å². The van der Waals surface area contributed by atoms with E-state index in [4.69, 9.17) is 13.7 Å². The van der Waals surface area contributed by atoms with Crippen molar-refractivity contribution in [2.75, 3.05) is 0 Å². The molecule has 0 aromatic carbocycles. The zero-order valence-corrected chi connectivity index (χ0v) is 11.9. The van der Waals surface area contributed by atoms with Crippen LogP contribution >= 0.6 is 0 Å². The summed E-state index contributed by atoms with van der Waals surface area (Å²) >= 11 is 0. The van der Waals surface area contributed by atoms with Gasteiger partial charge in [-0.1, -0.05) is 12.7 Å². The molecule has 23 heavy (non-hydrogen) atoms. The summed E-state index contributed by atoms with van der Waals surface area (Å²) in [6.07, 6.45) is -6.75. The van der Waals surface area contributed by atoms with E-state index >= 15 is 0 Å². The topological polar surface area (TPSA) is 83.2 Å². The molecule has 0 unspecified atom stereocenters. The van der Waals surface area contributed by atoms with Crippen molar-refractivity contribution >= 4 is 0 Å². The zero-order valence-electron chi connectivity index (χ0n) is 21.9. The molecule has 1 atom stereocenters. The second-order valence-corrected chi connectivity index (χ2v) is 5.03. The Hall–Kier alpha value is -2.68. The lowest BCUT2D eigenvalue weighted by molar-refractivity contribution is 0.315. The SMILES string of the molecule is [2H]c1nc2nc([2H])c([2H])c-2c(-c2cnn([C@]([2H])(C3CC([2H])([2H])C([2H])([2H])C3)C([2H])([2H])C#N)c2)[nH]1. The van der Waals surface area contributed by atoms with E-state index in [-0.39, 0.29) is 41.2 Å². The van der Waals surface area contributed by atoms with Gasteiger partial charge in [-0.2, -0.15) is 10.4 Å². The predicted octanol–water partition coefficient (Wildman–Crippen LogP) is 3.42. The summed E-state index contributed by atoms with van der Waals surface area (Å²) in [4.78, 5) is 10.3. The number of aromatic nitrogens is 5. The van der Waals surface area contributed by atoms with E-state index in [1.54, 1.807) is 0 Å². The number of H-pyrrole nitrogens is 1. The second-order valence-electron chi connectivity index (χ2n) is 5.03. The van der Waals surface area contributed by atoms with E-state index in [9.17, 15) is 5.26 Å². The van der Waals surface area contributed by atoms with Crippen molar-refractivity contribution in [3.8, 4) is 28.7 Å². The fourth-order valence-electron chi connectivity index (χ4n) is 2.56. The first-order chi connectivity index (χ1) is 15.1. The second kappa shape index (κ2) is 5.84. The lowest BCUT2D eigenvalue weighted by Crippen LogP contribution is -2.17. The number of hydrogen-bond donors (Lipinski definition) is 1. The number of nitrogens with zero attached hydrogens (tertiary/aromatic N) is 5. The van der Waals surface area contributed by atoms with E-state index in [1.807, 2.05) is 0 Å². The van der Waals surface area contributed by atoms with Gasteiger partial charge in [-0.25, -0.2) is 9.97 Å². The lowest BCUT2D eigenvalue weighted by Gasteiger charge is -2.21. The van der Waals surface area contributed by atoms with Crippen molar-refractivity contribution in [1.29, 1.82) is 5.26 Å². The Labute approximate surface area is 148 Å². The van der Waals surface area contributed by atoms with Gasteiger partial charge < -0.3 is 4.98 Å². The molecule has 3 heterocycles. The molecule has 0 bridgehead atoms. The fraction of sp³-hybridized carbons (Fsp3) is 0.412. The number of aromatic amines is 1. The minimum absolute atomic E-state index is 0.0156. The summed E-state index contributed by atoms with van der Waals surface area (Å²) in [5, 5.41) is 13.5. The number of hydrogen-bond acceptors (Lipinski definition) is 4. The molecule has 3 aliphatic rings. The Morgan fingerprint density at radius 3 is 3.26 bits per heavy atom. The van der Waals surface area contributed by atoms with E-state index in [1.165, 1.54) is 18.5 Å². The van der Waals surface area contributed by atoms with Gasteiger partial charge >= 0.3 is 0 Å². The average molecular weight is 316 g/mol. The Morgan fingerprint density at radius 1 is 1.57 bits per heavy atom. The number of nitriles is 1. The van der Waals surface area contributed by atoms with Crippen LogP contribution in [0.2, 0.25) is 0 Å². The van der Waals surface area contributed by atoms with Gasteiger partial charge in [0.2, 0.25) is 0 Å². The molecule has 116 valence electrons. The molecule has 1 fully saturated rings. The van der Waals surface area contributed by atoms with Crippen LogP contribution in [0.1, 0.15) is 51.7 Å². The van der Waals surface area contributed by atoms with Crippen molar-refractivity contribution in [2.45, 2.75) is 38.0 Å². The molecular weight excluding hydrogens is 288 g/mol. The molecule has 2 aliphatic heterocycles. The van der Waals surface area contributed by atoms with Crippen molar-refractivity contribution < 1.29 is 13.7 Å². The third-order valence-corrected chi connectivity index (χ3v) is 3.67. The van der Waals surface area contributed by atoms with Crippen LogP contribution in [0.3, 0.4) is 0 Å². The Bertz CT molecular complexity index is 1230. The van der Waals surface area contributed by atoms with Crippen LogP contribution in [-0.2, 0) is 0 Å². The monoisotopic (exact) mass is 316 g/mol. The van der Waals surface area contributed by atoms with Crippen molar-refractivity contribution in [1.82, 2.24) is 24.7 Å². The van der Waals surface area contributed by atoms with Crippen LogP contribution in [0.5, 0.6) is 0 Å². The van der Waals surface area contributed by atoms with E-state index in [0.717, 1.165) is 4.68 Å². The first kappa shape index (κ1) is 6.83. The predicted molar refractivity (Wildman–Crippen MR) is 85.5 cm³/mol. The Kier molecular flexibility index (Phi) is 1.73. The van der Waals surface area contributed by atoms with Gasteiger partial charge in [0, 0.05) is 31.7 Å². The third kappa shape index (κ3) is 2.48. The highest BCUT2D eigenvalue weighted by atomic mass is 15.3. The normalized spacial score (nSPS) is 29.3. The number of rotatable bonds is 4. The molecule has 0 spiro atoms. The number of nitrogens with one attached hydrogen (secondary N) is 1. The maximum Gasteiger partial charge on any atom is 0.162 e. The first-order valence-corrected chi connectivity index (χ1v) is 6.95. The van der Waals surface area contributed by atoms with Gasteiger partial charge in [0.15, 0.2) is 5.82 Å². The largest absolute Gasteiger partial charge is 0.345 e. The first-order valence-electron chi connectivity index (χ1n) is 11.9. The summed E-state index contributed by atoms with van der Waals surface area (Å²) in [6, 6.07) is -1.30. The molecule has 0 radical (unpaired) electrons. The molecule has 0 saturated heterocycles. The third-order valence-electron chi connectivity index (χ3n) is 3.67. The molecule has 1 N–H and O–H groups in total. The quantitative estimate of drug-likeness (QED) is 0.799. The average Bonchev–Trinajstić information content (AvgIpc) is 3.36. The smallest absolute Gasteiger partial charge is 0.162 e. The minimum Gasteiger partial charge on any atom is -0.345 e. The van der Waals surface area contributed by atoms with Crippen LogP contribution in [0, 0.1) is 17.2 Å². The Balaban J connectivity index is 1.87. The summed E-state index contributed by atoms with van der Waals surface area (Å²) < 4.78 is 81.9. The van der Waals surface area contributed by atoms with Crippen molar-refractivity contribution in [3.05, 3.63) is 30.9 Å². The molecule has 4 rings (SSSR count). The zero-order chi connectivity index (χ0) is 24.6. The highest BCUT2D eigenvalue weighted by molar-refractivity contribution is 5.77. The number of fused-ring (bicyclic) bond motifs is 1. The van der Waals surface area contributed by atoms with Crippen LogP contribution < -0.4 is 0 Å². The minimum atomic E-state index is -2.87. The van der Waals surface area contributed by atoms with Crippen molar-refractivity contribution in [3.63, 3.8) is 0 Å². The van der Waals surface area contributed by atoms with Crippen LogP contribution in [0.25, 0.3) is 22.6 Å². The highest BCUT2D eigenvalue weighted by Crippen LogP contribution is 2.37. The molecule has 1 saturated carbocycles. The van der Waals surface area contributed by atoms with E-state index in [0.29, 0.717) is 0 Å². The summed E-state index contributed by atoms with van der Waals surface area (Å²) in [5.41, 5.74) is 0.471. The summed E-state index contributed by atoms with van der Waals surface area (Å²) in [6.45, 7) is 0.